The highest BCUT2D eigenvalue weighted by Crippen LogP contribution is 2.29. The molecule has 3 amide bonds. The monoisotopic (exact) mass is 359 g/mol. The number of hydrogen-bond donors (Lipinski definition) is 1. The summed E-state index contributed by atoms with van der Waals surface area (Å²) in [7, 11) is 0. The first-order chi connectivity index (χ1) is 12.5. The molecule has 9 nitrogen and oxygen atoms in total. The molecule has 3 aliphatic rings. The standard InChI is InChI=1S/C17H21N5O4/c23-16(19-5-1-2-6-19)14-9-12(3-4-15(14)22(25)26)20-7-8-21-13(11-20)10-18-17(21)24/h3-4,9,13H,1-2,5-8,10-11H2,(H,18,24). The second kappa shape index (κ2) is 6.47. The quantitative estimate of drug-likeness (QED) is 0.642. The van der Waals surface area contributed by atoms with Gasteiger partial charge >= 0.3 is 6.03 Å². The Labute approximate surface area is 150 Å². The summed E-state index contributed by atoms with van der Waals surface area (Å²) in [6.07, 6.45) is 1.87. The van der Waals surface area contributed by atoms with Crippen LogP contribution in [0.25, 0.3) is 0 Å². The summed E-state index contributed by atoms with van der Waals surface area (Å²) in [6.45, 7) is 3.78. The first-order valence-electron chi connectivity index (χ1n) is 8.92. The van der Waals surface area contributed by atoms with Crippen molar-refractivity contribution in [2.75, 3.05) is 44.2 Å². The van der Waals surface area contributed by atoms with Crippen molar-refractivity contribution in [3.63, 3.8) is 0 Å². The maximum absolute atomic E-state index is 12.8. The van der Waals surface area contributed by atoms with Gasteiger partial charge < -0.3 is 20.0 Å². The van der Waals surface area contributed by atoms with Crippen LogP contribution in [0.15, 0.2) is 18.2 Å². The van der Waals surface area contributed by atoms with E-state index >= 15 is 0 Å². The van der Waals surface area contributed by atoms with Crippen LogP contribution >= 0.6 is 0 Å². The van der Waals surface area contributed by atoms with Gasteiger partial charge in [-0.2, -0.15) is 0 Å². The van der Waals surface area contributed by atoms with Crippen molar-refractivity contribution >= 4 is 23.3 Å². The predicted molar refractivity (Wildman–Crippen MR) is 94.3 cm³/mol. The molecule has 0 aliphatic carbocycles. The van der Waals surface area contributed by atoms with Gasteiger partial charge in [0.25, 0.3) is 11.6 Å². The summed E-state index contributed by atoms with van der Waals surface area (Å²) in [6, 6.07) is 4.80. The molecular weight excluding hydrogens is 338 g/mol. The summed E-state index contributed by atoms with van der Waals surface area (Å²) in [5.41, 5.74) is 0.789. The fourth-order valence-electron chi connectivity index (χ4n) is 3.98. The number of benzene rings is 1. The molecule has 0 radical (unpaired) electrons. The Balaban J connectivity index is 1.61. The molecule has 1 unspecified atom stereocenters. The van der Waals surface area contributed by atoms with E-state index in [0.717, 1.165) is 18.5 Å². The highest BCUT2D eigenvalue weighted by molar-refractivity contribution is 5.99. The van der Waals surface area contributed by atoms with Crippen molar-refractivity contribution < 1.29 is 14.5 Å². The minimum Gasteiger partial charge on any atom is -0.368 e. The van der Waals surface area contributed by atoms with E-state index in [-0.39, 0.29) is 29.2 Å². The minimum atomic E-state index is -0.495. The first kappa shape index (κ1) is 16.6. The van der Waals surface area contributed by atoms with E-state index < -0.39 is 4.92 Å². The van der Waals surface area contributed by atoms with Crippen LogP contribution in [0.4, 0.5) is 16.2 Å². The molecule has 0 spiro atoms. The number of carbonyl (C=O) groups is 2. The van der Waals surface area contributed by atoms with Crippen molar-refractivity contribution in [2.24, 2.45) is 0 Å². The van der Waals surface area contributed by atoms with Gasteiger partial charge in [-0.3, -0.25) is 14.9 Å². The maximum atomic E-state index is 12.8. The van der Waals surface area contributed by atoms with E-state index in [1.165, 1.54) is 6.07 Å². The summed E-state index contributed by atoms with van der Waals surface area (Å²) < 4.78 is 0. The lowest BCUT2D eigenvalue weighted by Crippen LogP contribution is -2.52. The average Bonchev–Trinajstić information content (AvgIpc) is 3.30. The first-order valence-corrected chi connectivity index (χ1v) is 8.92. The van der Waals surface area contributed by atoms with Gasteiger partial charge in [-0.15, -0.1) is 0 Å². The van der Waals surface area contributed by atoms with Crippen LogP contribution < -0.4 is 10.2 Å². The minimum absolute atomic E-state index is 0.0387. The van der Waals surface area contributed by atoms with Crippen LogP contribution in [0.2, 0.25) is 0 Å². The van der Waals surface area contributed by atoms with E-state index in [9.17, 15) is 19.7 Å². The third-order valence-corrected chi connectivity index (χ3v) is 5.40. The number of urea groups is 1. The Morgan fingerprint density at radius 3 is 2.69 bits per heavy atom. The Kier molecular flexibility index (Phi) is 4.14. The third kappa shape index (κ3) is 2.83. The van der Waals surface area contributed by atoms with Crippen LogP contribution in [0.3, 0.4) is 0 Å². The fraction of sp³-hybridized carbons (Fsp3) is 0.529. The van der Waals surface area contributed by atoms with Crippen molar-refractivity contribution in [1.82, 2.24) is 15.1 Å². The largest absolute Gasteiger partial charge is 0.368 e. The number of nitro groups is 1. The molecule has 0 saturated carbocycles. The molecule has 3 aliphatic heterocycles. The van der Waals surface area contributed by atoms with Gasteiger partial charge in [-0.25, -0.2) is 4.79 Å². The van der Waals surface area contributed by atoms with Crippen LogP contribution in [0.1, 0.15) is 23.2 Å². The van der Waals surface area contributed by atoms with E-state index in [2.05, 4.69) is 10.2 Å². The molecule has 26 heavy (non-hydrogen) atoms. The van der Waals surface area contributed by atoms with Crippen molar-refractivity contribution in [2.45, 2.75) is 18.9 Å². The topological polar surface area (TPSA) is 99.0 Å². The number of carbonyl (C=O) groups excluding carboxylic acids is 2. The number of rotatable bonds is 3. The zero-order chi connectivity index (χ0) is 18.3. The van der Waals surface area contributed by atoms with Crippen molar-refractivity contribution in [1.29, 1.82) is 0 Å². The average molecular weight is 359 g/mol. The Morgan fingerprint density at radius 2 is 1.96 bits per heavy atom. The molecular formula is C17H21N5O4. The molecule has 0 bridgehead atoms. The lowest BCUT2D eigenvalue weighted by atomic mass is 10.1. The third-order valence-electron chi connectivity index (χ3n) is 5.40. The molecule has 1 aromatic carbocycles. The van der Waals surface area contributed by atoms with Gasteiger partial charge in [0.05, 0.1) is 11.0 Å². The second-order valence-corrected chi connectivity index (χ2v) is 6.94. The second-order valence-electron chi connectivity index (χ2n) is 6.94. The Hall–Kier alpha value is -2.84. The lowest BCUT2D eigenvalue weighted by molar-refractivity contribution is -0.385. The molecule has 1 aromatic rings. The number of fused-ring (bicyclic) bond motifs is 1. The molecule has 4 rings (SSSR count). The van der Waals surface area contributed by atoms with Crippen LogP contribution in [-0.4, -0.2) is 72.0 Å². The maximum Gasteiger partial charge on any atom is 0.317 e. The summed E-state index contributed by atoms with van der Waals surface area (Å²) >= 11 is 0. The number of nitrogens with one attached hydrogen (secondary N) is 1. The SMILES string of the molecule is O=C(c1cc(N2CCN3C(=O)NCC3C2)ccc1[N+](=O)[O-])N1CCCC1. The number of nitro benzene ring substituents is 1. The zero-order valence-electron chi connectivity index (χ0n) is 14.4. The molecule has 138 valence electrons. The molecule has 3 saturated heterocycles. The van der Waals surface area contributed by atoms with Gasteiger partial charge in [0.1, 0.15) is 5.56 Å². The van der Waals surface area contributed by atoms with Gasteiger partial charge in [0.2, 0.25) is 0 Å². The molecule has 1 atom stereocenters. The Bertz CT molecular complexity index is 762. The van der Waals surface area contributed by atoms with E-state index in [1.807, 2.05) is 4.90 Å². The predicted octanol–water partition coefficient (Wildman–Crippen LogP) is 1.04. The summed E-state index contributed by atoms with van der Waals surface area (Å²) in [4.78, 5) is 41.0. The van der Waals surface area contributed by atoms with Crippen LogP contribution in [-0.2, 0) is 0 Å². The van der Waals surface area contributed by atoms with E-state index in [0.29, 0.717) is 39.3 Å². The van der Waals surface area contributed by atoms with Crippen molar-refractivity contribution in [3.05, 3.63) is 33.9 Å². The molecule has 3 fully saturated rings. The number of anilines is 1. The van der Waals surface area contributed by atoms with Gasteiger partial charge in [0.15, 0.2) is 0 Å². The van der Waals surface area contributed by atoms with E-state index in [4.69, 9.17) is 0 Å². The van der Waals surface area contributed by atoms with Gasteiger partial charge in [-0.1, -0.05) is 0 Å². The molecule has 3 heterocycles. The number of piperazine rings is 1. The van der Waals surface area contributed by atoms with E-state index in [1.54, 1.807) is 17.0 Å². The van der Waals surface area contributed by atoms with Gasteiger partial charge in [0, 0.05) is 51.0 Å². The Morgan fingerprint density at radius 1 is 1.19 bits per heavy atom. The fourth-order valence-corrected chi connectivity index (χ4v) is 3.98. The van der Waals surface area contributed by atoms with Crippen LogP contribution in [0, 0.1) is 10.1 Å². The normalized spacial score (nSPS) is 22.4. The number of hydrogen-bond acceptors (Lipinski definition) is 5. The molecule has 9 heteroatoms. The zero-order valence-corrected chi connectivity index (χ0v) is 14.4. The highest BCUT2D eigenvalue weighted by Gasteiger charge is 2.36. The summed E-state index contributed by atoms with van der Waals surface area (Å²) in [5.74, 6) is -0.271. The molecule has 1 N–H and O–H groups in total. The number of amides is 3. The number of nitrogens with zero attached hydrogens (tertiary/aromatic N) is 4. The lowest BCUT2D eigenvalue weighted by Gasteiger charge is -2.37. The van der Waals surface area contributed by atoms with Crippen molar-refractivity contribution in [3.8, 4) is 0 Å². The van der Waals surface area contributed by atoms with Gasteiger partial charge in [-0.05, 0) is 25.0 Å². The highest BCUT2D eigenvalue weighted by atomic mass is 16.6. The summed E-state index contributed by atoms with van der Waals surface area (Å²) in [5, 5.41) is 14.2. The smallest absolute Gasteiger partial charge is 0.317 e. The van der Waals surface area contributed by atoms with Crippen LogP contribution in [0.5, 0.6) is 0 Å². The number of likely N-dealkylation sites (tertiary alicyclic amines) is 1. The molecule has 0 aromatic heterocycles.